The molecule has 1 saturated carbocycles. The lowest BCUT2D eigenvalue weighted by Crippen LogP contribution is -2.33. The van der Waals surface area contributed by atoms with Crippen LogP contribution in [-0.4, -0.2) is 30.4 Å². The minimum absolute atomic E-state index is 0.0417. The molecular formula is C17H22F2N4O3S2. The van der Waals surface area contributed by atoms with E-state index in [-0.39, 0.29) is 23.5 Å². The number of nitrogens with one attached hydrogen (secondary N) is 1. The van der Waals surface area contributed by atoms with Gasteiger partial charge in [-0.15, -0.1) is 0 Å². The van der Waals surface area contributed by atoms with Crippen LogP contribution < -0.4 is 15.2 Å². The summed E-state index contributed by atoms with van der Waals surface area (Å²) in [6, 6.07) is 1.52. The highest BCUT2D eigenvalue weighted by atomic mass is 32.2. The van der Waals surface area contributed by atoms with Gasteiger partial charge in [0.15, 0.2) is 11.6 Å². The molecule has 1 heterocycles. The lowest BCUT2D eigenvalue weighted by Gasteiger charge is -2.32. The first-order valence-corrected chi connectivity index (χ1v) is 11.2. The molecule has 0 saturated heterocycles. The molecule has 1 fully saturated rings. The summed E-state index contributed by atoms with van der Waals surface area (Å²) in [5, 5.41) is -0.0417. The molecule has 3 rings (SSSR count). The van der Waals surface area contributed by atoms with Crippen molar-refractivity contribution in [2.45, 2.75) is 43.5 Å². The molecule has 3 unspecified atom stereocenters. The van der Waals surface area contributed by atoms with Gasteiger partial charge in [-0.3, -0.25) is 4.72 Å². The van der Waals surface area contributed by atoms with Gasteiger partial charge in [0.25, 0.3) is 10.0 Å². The second-order valence-electron chi connectivity index (χ2n) is 7.01. The average Bonchev–Trinajstić information content (AvgIpc) is 3.12. The van der Waals surface area contributed by atoms with E-state index in [1.54, 1.807) is 0 Å². The number of halogens is 2. The van der Waals surface area contributed by atoms with E-state index >= 15 is 0 Å². The fraction of sp³-hybridized carbons (Fsp3) is 0.529. The van der Waals surface area contributed by atoms with E-state index in [1.807, 2.05) is 0 Å². The van der Waals surface area contributed by atoms with Gasteiger partial charge in [-0.05, 0) is 37.5 Å². The third-order valence-electron chi connectivity index (χ3n) is 5.01. The molecule has 0 aliphatic heterocycles. The number of sulfonamides is 1. The Morgan fingerprint density at radius 1 is 1.32 bits per heavy atom. The third-order valence-corrected chi connectivity index (χ3v) is 7.07. The van der Waals surface area contributed by atoms with Crippen LogP contribution in [0.15, 0.2) is 23.4 Å². The number of nitrogens with two attached hydrogens (primary N) is 1. The van der Waals surface area contributed by atoms with Gasteiger partial charge in [0.05, 0.1) is 6.61 Å². The van der Waals surface area contributed by atoms with E-state index in [0.717, 1.165) is 43.2 Å². The van der Waals surface area contributed by atoms with E-state index in [9.17, 15) is 17.2 Å². The first-order chi connectivity index (χ1) is 13.3. The number of anilines is 1. The molecule has 2 aromatic rings. The zero-order chi connectivity index (χ0) is 20.3. The smallest absolute Gasteiger partial charge is 0.266 e. The summed E-state index contributed by atoms with van der Waals surface area (Å²) in [4.78, 5) is 2.84. The van der Waals surface area contributed by atoms with Crippen LogP contribution in [0.2, 0.25) is 0 Å². The van der Waals surface area contributed by atoms with Crippen LogP contribution in [0.1, 0.15) is 32.6 Å². The fourth-order valence-corrected chi connectivity index (χ4v) is 5.12. The largest absolute Gasteiger partial charge is 0.490 e. The molecule has 0 radical (unpaired) electrons. The van der Waals surface area contributed by atoms with Gasteiger partial charge in [-0.25, -0.2) is 22.2 Å². The number of benzene rings is 1. The Balaban J connectivity index is 1.66. The number of rotatable bonds is 7. The highest BCUT2D eigenvalue weighted by Gasteiger charge is 2.26. The molecule has 3 N–H and O–H groups in total. The van der Waals surface area contributed by atoms with Crippen LogP contribution in [0.3, 0.4) is 0 Å². The number of hydrogen-bond donors (Lipinski definition) is 2. The summed E-state index contributed by atoms with van der Waals surface area (Å²) in [5.41, 5.74) is 6.00. The number of nitrogens with zero attached hydrogens (tertiary/aromatic N) is 2. The SMILES string of the molecule is CC1CCC(N)CC1CCOc1cc(F)c(S(=O)(=O)Nc2ncns2)cc1F. The van der Waals surface area contributed by atoms with Crippen molar-refractivity contribution in [1.29, 1.82) is 0 Å². The molecule has 7 nitrogen and oxygen atoms in total. The van der Waals surface area contributed by atoms with E-state index in [4.69, 9.17) is 10.5 Å². The van der Waals surface area contributed by atoms with E-state index < -0.39 is 26.6 Å². The highest BCUT2D eigenvalue weighted by Crippen LogP contribution is 2.32. The second kappa shape index (κ2) is 8.66. The monoisotopic (exact) mass is 432 g/mol. The summed E-state index contributed by atoms with van der Waals surface area (Å²) in [6.07, 6.45) is 4.75. The average molecular weight is 433 g/mol. The minimum atomic E-state index is -4.33. The quantitative estimate of drug-likeness (QED) is 0.696. The predicted molar refractivity (Wildman–Crippen MR) is 102 cm³/mol. The maximum Gasteiger partial charge on any atom is 0.266 e. The van der Waals surface area contributed by atoms with Crippen LogP contribution in [0.5, 0.6) is 5.75 Å². The number of aromatic nitrogens is 2. The Bertz CT molecular complexity index is 909. The van der Waals surface area contributed by atoms with Gasteiger partial charge in [0.1, 0.15) is 17.0 Å². The zero-order valence-corrected chi connectivity index (χ0v) is 16.9. The van der Waals surface area contributed by atoms with Crippen LogP contribution in [0.4, 0.5) is 13.9 Å². The number of ether oxygens (including phenoxy) is 1. The molecule has 154 valence electrons. The summed E-state index contributed by atoms with van der Waals surface area (Å²) in [6.45, 7) is 2.36. The number of hydrogen-bond acceptors (Lipinski definition) is 7. The first-order valence-electron chi connectivity index (χ1n) is 8.93. The van der Waals surface area contributed by atoms with Crippen molar-refractivity contribution in [3.63, 3.8) is 0 Å². The van der Waals surface area contributed by atoms with Crippen molar-refractivity contribution in [2.75, 3.05) is 11.3 Å². The van der Waals surface area contributed by atoms with Crippen molar-refractivity contribution >= 4 is 26.7 Å². The topological polar surface area (TPSA) is 107 Å². The lowest BCUT2D eigenvalue weighted by molar-refractivity contribution is 0.180. The normalized spacial score (nSPS) is 22.8. The second-order valence-corrected chi connectivity index (χ2v) is 9.44. The summed E-state index contributed by atoms with van der Waals surface area (Å²) in [7, 11) is -4.33. The zero-order valence-electron chi connectivity index (χ0n) is 15.3. The molecule has 1 aromatic heterocycles. The maximum absolute atomic E-state index is 14.3. The maximum atomic E-state index is 14.3. The van der Waals surface area contributed by atoms with Crippen LogP contribution in [0.25, 0.3) is 0 Å². The predicted octanol–water partition coefficient (Wildman–Crippen LogP) is 3.15. The van der Waals surface area contributed by atoms with E-state index in [2.05, 4.69) is 21.0 Å². The first kappa shape index (κ1) is 20.9. The molecule has 1 aliphatic carbocycles. The van der Waals surface area contributed by atoms with E-state index in [0.29, 0.717) is 24.3 Å². The van der Waals surface area contributed by atoms with Gasteiger partial charge in [-0.1, -0.05) is 6.92 Å². The molecule has 0 spiro atoms. The Kier molecular flexibility index (Phi) is 6.46. The van der Waals surface area contributed by atoms with Crippen molar-refractivity contribution < 1.29 is 21.9 Å². The fourth-order valence-electron chi connectivity index (χ4n) is 3.39. The van der Waals surface area contributed by atoms with E-state index in [1.165, 1.54) is 0 Å². The minimum Gasteiger partial charge on any atom is -0.490 e. The Morgan fingerprint density at radius 3 is 2.82 bits per heavy atom. The molecular weight excluding hydrogens is 410 g/mol. The highest BCUT2D eigenvalue weighted by molar-refractivity contribution is 7.93. The molecule has 1 aliphatic rings. The van der Waals surface area contributed by atoms with Gasteiger partial charge in [0, 0.05) is 29.7 Å². The third kappa shape index (κ3) is 4.95. The molecule has 0 bridgehead atoms. The lowest BCUT2D eigenvalue weighted by atomic mass is 9.77. The van der Waals surface area contributed by atoms with Crippen molar-refractivity contribution in [1.82, 2.24) is 9.36 Å². The van der Waals surface area contributed by atoms with Crippen LogP contribution >= 0.6 is 11.5 Å². The molecule has 3 atom stereocenters. The van der Waals surface area contributed by atoms with Crippen LogP contribution in [-0.2, 0) is 10.0 Å². The molecule has 1 aromatic carbocycles. The summed E-state index contributed by atoms with van der Waals surface area (Å²) in [5.74, 6) is -1.51. The summed E-state index contributed by atoms with van der Waals surface area (Å²) < 4.78 is 64.2. The van der Waals surface area contributed by atoms with Crippen molar-refractivity contribution in [2.24, 2.45) is 17.6 Å². The van der Waals surface area contributed by atoms with Crippen molar-refractivity contribution in [3.05, 3.63) is 30.1 Å². The Hall–Kier alpha value is -1.85. The molecule has 0 amide bonds. The molecule has 28 heavy (non-hydrogen) atoms. The Labute approximate surface area is 166 Å². The standard InChI is InChI=1S/C17H22F2N4O3S2/c1-10-2-3-12(20)6-11(10)4-5-26-15-7-14(19)16(8-13(15)18)28(24,25)23-17-21-9-22-27-17/h7-12H,2-6,20H2,1H3,(H,21,22,23). The van der Waals surface area contributed by atoms with Gasteiger partial charge in [0.2, 0.25) is 5.13 Å². The summed E-state index contributed by atoms with van der Waals surface area (Å²) >= 11 is 0.781. The van der Waals surface area contributed by atoms with Gasteiger partial charge in [-0.2, -0.15) is 4.37 Å². The van der Waals surface area contributed by atoms with Gasteiger partial charge < -0.3 is 10.5 Å². The van der Waals surface area contributed by atoms with Crippen LogP contribution in [0, 0.1) is 23.5 Å². The molecule has 11 heteroatoms. The van der Waals surface area contributed by atoms with Crippen molar-refractivity contribution in [3.8, 4) is 5.75 Å². The van der Waals surface area contributed by atoms with Gasteiger partial charge >= 0.3 is 0 Å². The Morgan fingerprint density at radius 2 is 2.11 bits per heavy atom.